The van der Waals surface area contributed by atoms with Crippen molar-refractivity contribution in [2.45, 2.75) is 57.6 Å². The highest BCUT2D eigenvalue weighted by atomic mass is 32.2. The SMILES string of the molecule is CCC(C)N(C)S(=O)(=O)c1cnn(CCNC(C)C)c1. The summed E-state index contributed by atoms with van der Waals surface area (Å²) in [6, 6.07) is 0.385. The topological polar surface area (TPSA) is 67.2 Å². The Kier molecular flexibility index (Phi) is 6.16. The molecule has 0 aliphatic rings. The zero-order valence-corrected chi connectivity index (χ0v) is 13.8. The average Bonchev–Trinajstić information content (AvgIpc) is 2.86. The summed E-state index contributed by atoms with van der Waals surface area (Å²) in [7, 11) is -1.83. The molecular weight excluding hydrogens is 276 g/mol. The van der Waals surface area contributed by atoms with Gasteiger partial charge < -0.3 is 5.32 Å². The molecule has 20 heavy (non-hydrogen) atoms. The van der Waals surface area contributed by atoms with Gasteiger partial charge in [0, 0.05) is 31.9 Å². The van der Waals surface area contributed by atoms with Gasteiger partial charge in [0.25, 0.3) is 0 Å². The van der Waals surface area contributed by atoms with Crippen LogP contribution in [0.1, 0.15) is 34.1 Å². The first-order valence-corrected chi connectivity index (χ1v) is 8.47. The van der Waals surface area contributed by atoms with Crippen LogP contribution in [0.15, 0.2) is 17.3 Å². The molecular formula is C13H26N4O2S. The van der Waals surface area contributed by atoms with Crippen LogP contribution in [0.4, 0.5) is 0 Å². The van der Waals surface area contributed by atoms with Gasteiger partial charge in [0.1, 0.15) is 4.90 Å². The van der Waals surface area contributed by atoms with Crippen molar-refractivity contribution >= 4 is 10.0 Å². The second-order valence-electron chi connectivity index (χ2n) is 5.33. The van der Waals surface area contributed by atoms with E-state index in [0.717, 1.165) is 13.0 Å². The van der Waals surface area contributed by atoms with Gasteiger partial charge in [-0.15, -0.1) is 0 Å². The van der Waals surface area contributed by atoms with E-state index in [-0.39, 0.29) is 10.9 Å². The Hall–Kier alpha value is -0.920. The Balaban J connectivity index is 2.75. The summed E-state index contributed by atoms with van der Waals surface area (Å²) in [5.41, 5.74) is 0. The molecule has 0 radical (unpaired) electrons. The van der Waals surface area contributed by atoms with E-state index in [1.54, 1.807) is 17.9 Å². The number of aromatic nitrogens is 2. The lowest BCUT2D eigenvalue weighted by Gasteiger charge is -2.22. The van der Waals surface area contributed by atoms with Crippen LogP contribution in [-0.2, 0) is 16.6 Å². The highest BCUT2D eigenvalue weighted by molar-refractivity contribution is 7.89. The molecule has 0 saturated heterocycles. The third-order valence-electron chi connectivity index (χ3n) is 3.39. The summed E-state index contributed by atoms with van der Waals surface area (Å²) < 4.78 is 27.8. The smallest absolute Gasteiger partial charge is 0.246 e. The van der Waals surface area contributed by atoms with Crippen molar-refractivity contribution < 1.29 is 8.42 Å². The molecule has 1 unspecified atom stereocenters. The highest BCUT2D eigenvalue weighted by Gasteiger charge is 2.25. The summed E-state index contributed by atoms with van der Waals surface area (Å²) in [5.74, 6) is 0. The van der Waals surface area contributed by atoms with E-state index in [1.165, 1.54) is 10.5 Å². The van der Waals surface area contributed by atoms with Gasteiger partial charge in [0.15, 0.2) is 0 Å². The van der Waals surface area contributed by atoms with E-state index in [9.17, 15) is 8.42 Å². The van der Waals surface area contributed by atoms with E-state index in [0.29, 0.717) is 12.6 Å². The summed E-state index contributed by atoms with van der Waals surface area (Å²) in [6.45, 7) is 9.42. The molecule has 0 fully saturated rings. The van der Waals surface area contributed by atoms with Gasteiger partial charge in [-0.05, 0) is 13.3 Å². The third kappa shape index (κ3) is 4.29. The van der Waals surface area contributed by atoms with Crippen molar-refractivity contribution in [2.24, 2.45) is 0 Å². The maximum Gasteiger partial charge on any atom is 0.246 e. The second-order valence-corrected chi connectivity index (χ2v) is 7.32. The summed E-state index contributed by atoms with van der Waals surface area (Å²) in [6.07, 6.45) is 3.79. The van der Waals surface area contributed by atoms with Crippen LogP contribution in [0.5, 0.6) is 0 Å². The quantitative estimate of drug-likeness (QED) is 0.786. The van der Waals surface area contributed by atoms with Crippen molar-refractivity contribution in [3.63, 3.8) is 0 Å². The Labute approximate surface area is 122 Å². The van der Waals surface area contributed by atoms with Gasteiger partial charge in [-0.1, -0.05) is 20.8 Å². The van der Waals surface area contributed by atoms with Crippen LogP contribution in [-0.4, -0.2) is 48.2 Å². The first kappa shape index (κ1) is 17.1. The van der Waals surface area contributed by atoms with Crippen LogP contribution in [0.2, 0.25) is 0 Å². The zero-order chi connectivity index (χ0) is 15.3. The lowest BCUT2D eigenvalue weighted by Crippen LogP contribution is -2.34. The van der Waals surface area contributed by atoms with Crippen LogP contribution >= 0.6 is 0 Å². The first-order chi connectivity index (χ1) is 9.28. The molecule has 1 heterocycles. The number of nitrogens with zero attached hydrogens (tertiary/aromatic N) is 3. The predicted octanol–water partition coefficient (Wildman–Crippen LogP) is 1.30. The molecule has 116 valence electrons. The lowest BCUT2D eigenvalue weighted by molar-refractivity contribution is 0.380. The molecule has 7 heteroatoms. The minimum absolute atomic E-state index is 0.0223. The molecule has 0 aromatic carbocycles. The molecule has 0 bridgehead atoms. The van der Waals surface area contributed by atoms with Crippen molar-refractivity contribution in [3.05, 3.63) is 12.4 Å². The standard InChI is InChI=1S/C13H26N4O2S/c1-6-12(4)16(5)20(18,19)13-9-15-17(10-13)8-7-14-11(2)3/h9-12,14H,6-8H2,1-5H3. The van der Waals surface area contributed by atoms with E-state index in [4.69, 9.17) is 0 Å². The van der Waals surface area contributed by atoms with Crippen LogP contribution in [0, 0.1) is 0 Å². The molecule has 1 rings (SSSR count). The van der Waals surface area contributed by atoms with Gasteiger partial charge in [0.2, 0.25) is 10.0 Å². The first-order valence-electron chi connectivity index (χ1n) is 7.03. The van der Waals surface area contributed by atoms with E-state index in [1.807, 2.05) is 13.8 Å². The van der Waals surface area contributed by atoms with Crippen molar-refractivity contribution in [3.8, 4) is 0 Å². The monoisotopic (exact) mass is 302 g/mol. The molecule has 0 spiro atoms. The zero-order valence-electron chi connectivity index (χ0n) is 13.0. The number of hydrogen-bond donors (Lipinski definition) is 1. The van der Waals surface area contributed by atoms with Crippen molar-refractivity contribution in [1.82, 2.24) is 19.4 Å². The Bertz CT molecular complexity index is 510. The number of rotatable bonds is 8. The molecule has 0 saturated carbocycles. The minimum atomic E-state index is -3.44. The van der Waals surface area contributed by atoms with Crippen molar-refractivity contribution in [1.29, 1.82) is 0 Å². The van der Waals surface area contributed by atoms with Crippen LogP contribution in [0.25, 0.3) is 0 Å². The summed E-state index contributed by atoms with van der Waals surface area (Å²) in [4.78, 5) is 0.254. The molecule has 1 aromatic rings. The molecule has 0 amide bonds. The maximum absolute atomic E-state index is 12.4. The van der Waals surface area contributed by atoms with Gasteiger partial charge in [0.05, 0.1) is 12.7 Å². The Morgan fingerprint density at radius 1 is 1.40 bits per heavy atom. The molecule has 0 aliphatic carbocycles. The summed E-state index contributed by atoms with van der Waals surface area (Å²) >= 11 is 0. The fourth-order valence-corrected chi connectivity index (χ4v) is 3.12. The van der Waals surface area contributed by atoms with Crippen molar-refractivity contribution in [2.75, 3.05) is 13.6 Å². The van der Waals surface area contributed by atoms with E-state index < -0.39 is 10.0 Å². The Morgan fingerprint density at radius 3 is 2.60 bits per heavy atom. The average molecular weight is 302 g/mol. The normalized spacial score (nSPS) is 14.2. The Morgan fingerprint density at radius 2 is 2.05 bits per heavy atom. The van der Waals surface area contributed by atoms with Gasteiger partial charge in [-0.2, -0.15) is 9.40 Å². The molecule has 6 nitrogen and oxygen atoms in total. The number of sulfonamides is 1. The van der Waals surface area contributed by atoms with E-state index in [2.05, 4.69) is 24.3 Å². The molecule has 0 aliphatic heterocycles. The summed E-state index contributed by atoms with van der Waals surface area (Å²) in [5, 5.41) is 7.39. The van der Waals surface area contributed by atoms with Gasteiger partial charge in [-0.3, -0.25) is 4.68 Å². The van der Waals surface area contributed by atoms with Crippen LogP contribution in [0.3, 0.4) is 0 Å². The number of hydrogen-bond acceptors (Lipinski definition) is 4. The second kappa shape index (κ2) is 7.19. The van der Waals surface area contributed by atoms with Gasteiger partial charge in [-0.25, -0.2) is 8.42 Å². The predicted molar refractivity (Wildman–Crippen MR) is 80.1 cm³/mol. The van der Waals surface area contributed by atoms with Crippen LogP contribution < -0.4 is 5.32 Å². The molecule has 1 aromatic heterocycles. The third-order valence-corrected chi connectivity index (χ3v) is 5.32. The van der Waals surface area contributed by atoms with Gasteiger partial charge >= 0.3 is 0 Å². The number of nitrogens with one attached hydrogen (secondary N) is 1. The highest BCUT2D eigenvalue weighted by Crippen LogP contribution is 2.16. The minimum Gasteiger partial charge on any atom is -0.313 e. The molecule has 1 atom stereocenters. The lowest BCUT2D eigenvalue weighted by atomic mass is 10.3. The maximum atomic E-state index is 12.4. The fourth-order valence-electron chi connectivity index (χ4n) is 1.73. The van der Waals surface area contributed by atoms with E-state index >= 15 is 0 Å². The molecule has 1 N–H and O–H groups in total. The fraction of sp³-hybridized carbons (Fsp3) is 0.769. The largest absolute Gasteiger partial charge is 0.313 e.